The van der Waals surface area contributed by atoms with Crippen molar-refractivity contribution in [2.45, 2.75) is 24.6 Å². The van der Waals surface area contributed by atoms with E-state index >= 15 is 0 Å². The Morgan fingerprint density at radius 2 is 2.11 bits per heavy atom. The van der Waals surface area contributed by atoms with Crippen LogP contribution in [0.1, 0.15) is 18.4 Å². The van der Waals surface area contributed by atoms with Crippen LogP contribution in [0.4, 0.5) is 5.69 Å². The van der Waals surface area contributed by atoms with Crippen LogP contribution >= 0.6 is 23.4 Å². The summed E-state index contributed by atoms with van der Waals surface area (Å²) in [5, 5.41) is 4.92. The third-order valence-electron chi connectivity index (χ3n) is 3.53. The Labute approximate surface area is 119 Å². The van der Waals surface area contributed by atoms with E-state index in [0.717, 1.165) is 29.9 Å². The molecule has 1 saturated heterocycles. The highest BCUT2D eigenvalue weighted by Crippen LogP contribution is 2.33. The maximum absolute atomic E-state index is 6.39. The van der Waals surface area contributed by atoms with Crippen molar-refractivity contribution in [1.82, 2.24) is 5.32 Å². The van der Waals surface area contributed by atoms with E-state index in [4.69, 9.17) is 11.6 Å². The Morgan fingerprint density at radius 3 is 2.72 bits per heavy atom. The first-order chi connectivity index (χ1) is 8.76. The number of para-hydroxylation sites is 1. The van der Waals surface area contributed by atoms with Gasteiger partial charge in [-0.25, -0.2) is 0 Å². The van der Waals surface area contributed by atoms with Crippen molar-refractivity contribution in [3.05, 3.63) is 28.8 Å². The predicted molar refractivity (Wildman–Crippen MR) is 83.0 cm³/mol. The maximum atomic E-state index is 6.39. The van der Waals surface area contributed by atoms with Crippen LogP contribution in [0.15, 0.2) is 18.2 Å². The number of benzene rings is 1. The summed E-state index contributed by atoms with van der Waals surface area (Å²) < 4.78 is 0. The number of nitrogens with zero attached hydrogens (tertiary/aromatic N) is 1. The Balaban J connectivity index is 2.17. The lowest BCUT2D eigenvalue weighted by Crippen LogP contribution is -2.35. The molecule has 1 heterocycles. The molecule has 4 heteroatoms. The van der Waals surface area contributed by atoms with Gasteiger partial charge in [0.25, 0.3) is 0 Å². The Kier molecular flexibility index (Phi) is 5.22. The van der Waals surface area contributed by atoms with Crippen LogP contribution in [0.3, 0.4) is 0 Å². The van der Waals surface area contributed by atoms with Gasteiger partial charge in [0, 0.05) is 24.9 Å². The number of thioether (sulfide) groups is 1. The van der Waals surface area contributed by atoms with Crippen LogP contribution in [0.2, 0.25) is 5.02 Å². The quantitative estimate of drug-likeness (QED) is 0.912. The second-order valence-corrected chi connectivity index (χ2v) is 6.25. The van der Waals surface area contributed by atoms with Crippen molar-refractivity contribution in [2.24, 2.45) is 0 Å². The van der Waals surface area contributed by atoms with E-state index < -0.39 is 0 Å². The highest BCUT2D eigenvalue weighted by atomic mass is 35.5. The smallest absolute Gasteiger partial charge is 0.0642 e. The van der Waals surface area contributed by atoms with Crippen LogP contribution in [-0.4, -0.2) is 31.6 Å². The first kappa shape index (κ1) is 14.0. The first-order valence-corrected chi connectivity index (χ1v) is 8.12. The SMILES string of the molecule is CNCc1cccc(Cl)c1N1CCC(SC)CC1. The van der Waals surface area contributed by atoms with Crippen LogP contribution in [-0.2, 0) is 6.54 Å². The molecule has 1 fully saturated rings. The summed E-state index contributed by atoms with van der Waals surface area (Å²) in [6.07, 6.45) is 4.72. The van der Waals surface area contributed by atoms with Gasteiger partial charge in [0.1, 0.15) is 0 Å². The lowest BCUT2D eigenvalue weighted by Gasteiger charge is -2.34. The highest BCUT2D eigenvalue weighted by molar-refractivity contribution is 7.99. The van der Waals surface area contributed by atoms with Gasteiger partial charge in [0.15, 0.2) is 0 Å². The van der Waals surface area contributed by atoms with Gasteiger partial charge in [0.2, 0.25) is 0 Å². The number of rotatable bonds is 4. The molecule has 0 radical (unpaired) electrons. The van der Waals surface area contributed by atoms with Crippen molar-refractivity contribution in [3.63, 3.8) is 0 Å². The molecule has 0 amide bonds. The molecule has 0 unspecified atom stereocenters. The molecule has 1 aromatic carbocycles. The Hall–Kier alpha value is -0.380. The van der Waals surface area contributed by atoms with Gasteiger partial charge in [-0.3, -0.25) is 0 Å². The van der Waals surface area contributed by atoms with Gasteiger partial charge in [-0.1, -0.05) is 23.7 Å². The van der Waals surface area contributed by atoms with E-state index in [1.54, 1.807) is 0 Å². The van der Waals surface area contributed by atoms with E-state index in [-0.39, 0.29) is 0 Å². The molecule has 0 atom stereocenters. The minimum absolute atomic E-state index is 0.816. The summed E-state index contributed by atoms with van der Waals surface area (Å²) in [6.45, 7) is 3.11. The summed E-state index contributed by atoms with van der Waals surface area (Å²) >= 11 is 8.38. The minimum Gasteiger partial charge on any atom is -0.370 e. The number of nitrogens with one attached hydrogen (secondary N) is 1. The normalized spacial score (nSPS) is 17.2. The Bertz CT molecular complexity index is 389. The van der Waals surface area contributed by atoms with Crippen molar-refractivity contribution < 1.29 is 0 Å². The maximum Gasteiger partial charge on any atom is 0.0642 e. The zero-order valence-corrected chi connectivity index (χ0v) is 12.7. The molecule has 1 aliphatic heterocycles. The fourth-order valence-electron chi connectivity index (χ4n) is 2.56. The topological polar surface area (TPSA) is 15.3 Å². The largest absolute Gasteiger partial charge is 0.370 e. The van der Waals surface area contributed by atoms with Crippen molar-refractivity contribution in [2.75, 3.05) is 31.3 Å². The molecule has 1 N–H and O–H groups in total. The fraction of sp³-hybridized carbons (Fsp3) is 0.571. The lowest BCUT2D eigenvalue weighted by atomic mass is 10.1. The number of hydrogen-bond acceptors (Lipinski definition) is 3. The van der Waals surface area contributed by atoms with Gasteiger partial charge in [-0.15, -0.1) is 0 Å². The molecular weight excluding hydrogens is 264 g/mol. The number of piperidine rings is 1. The van der Waals surface area contributed by atoms with Crippen LogP contribution < -0.4 is 10.2 Å². The molecular formula is C14H21ClN2S. The highest BCUT2D eigenvalue weighted by Gasteiger charge is 2.21. The third-order valence-corrected chi connectivity index (χ3v) is 4.97. The van der Waals surface area contributed by atoms with Gasteiger partial charge < -0.3 is 10.2 Å². The molecule has 2 rings (SSSR count). The van der Waals surface area contributed by atoms with E-state index in [0.29, 0.717) is 0 Å². The molecule has 0 bridgehead atoms. The molecule has 0 aromatic heterocycles. The van der Waals surface area contributed by atoms with E-state index in [1.807, 2.05) is 30.9 Å². The summed E-state index contributed by atoms with van der Waals surface area (Å²) in [5.41, 5.74) is 2.53. The average molecular weight is 285 g/mol. The molecule has 0 saturated carbocycles. The predicted octanol–water partition coefficient (Wildman–Crippen LogP) is 3.39. The molecule has 0 aliphatic carbocycles. The third kappa shape index (κ3) is 3.14. The van der Waals surface area contributed by atoms with Crippen molar-refractivity contribution in [3.8, 4) is 0 Å². The fourth-order valence-corrected chi connectivity index (χ4v) is 3.56. The molecule has 1 aromatic rings. The minimum atomic E-state index is 0.816. The van der Waals surface area contributed by atoms with Crippen molar-refractivity contribution in [1.29, 1.82) is 0 Å². The van der Waals surface area contributed by atoms with Gasteiger partial charge in [-0.05, 0) is 37.8 Å². The van der Waals surface area contributed by atoms with E-state index in [1.165, 1.54) is 24.1 Å². The zero-order chi connectivity index (χ0) is 13.0. The van der Waals surface area contributed by atoms with E-state index in [2.05, 4.69) is 22.5 Å². The molecule has 18 heavy (non-hydrogen) atoms. The molecule has 100 valence electrons. The van der Waals surface area contributed by atoms with E-state index in [9.17, 15) is 0 Å². The number of halogens is 1. The van der Waals surface area contributed by atoms with Gasteiger partial charge in [-0.2, -0.15) is 11.8 Å². The number of anilines is 1. The first-order valence-electron chi connectivity index (χ1n) is 6.46. The van der Waals surface area contributed by atoms with Crippen LogP contribution in [0.25, 0.3) is 0 Å². The van der Waals surface area contributed by atoms with Gasteiger partial charge >= 0.3 is 0 Å². The Morgan fingerprint density at radius 1 is 1.39 bits per heavy atom. The summed E-state index contributed by atoms with van der Waals surface area (Å²) in [4.78, 5) is 2.45. The second kappa shape index (κ2) is 6.69. The molecule has 2 nitrogen and oxygen atoms in total. The molecule has 1 aliphatic rings. The van der Waals surface area contributed by atoms with Gasteiger partial charge in [0.05, 0.1) is 10.7 Å². The summed E-state index contributed by atoms with van der Waals surface area (Å²) in [7, 11) is 1.98. The monoisotopic (exact) mass is 284 g/mol. The summed E-state index contributed by atoms with van der Waals surface area (Å²) in [5.74, 6) is 0. The summed E-state index contributed by atoms with van der Waals surface area (Å²) in [6, 6.07) is 6.20. The second-order valence-electron chi connectivity index (χ2n) is 4.70. The standard InChI is InChI=1S/C14H21ClN2S/c1-16-10-11-4-3-5-13(15)14(11)17-8-6-12(18-2)7-9-17/h3-5,12,16H,6-10H2,1-2H3. The van der Waals surface area contributed by atoms with Crippen LogP contribution in [0, 0.1) is 0 Å². The lowest BCUT2D eigenvalue weighted by molar-refractivity contribution is 0.589. The number of hydrogen-bond donors (Lipinski definition) is 1. The zero-order valence-electron chi connectivity index (χ0n) is 11.1. The molecule has 0 spiro atoms. The average Bonchev–Trinajstić information content (AvgIpc) is 2.40. The van der Waals surface area contributed by atoms with Crippen LogP contribution in [0.5, 0.6) is 0 Å². The van der Waals surface area contributed by atoms with Crippen molar-refractivity contribution >= 4 is 29.1 Å².